The summed E-state index contributed by atoms with van der Waals surface area (Å²) in [5, 5.41) is 2.08. The van der Waals surface area contributed by atoms with Crippen LogP contribution in [0.1, 0.15) is 10.6 Å². The lowest BCUT2D eigenvalue weighted by Gasteiger charge is -2.05. The van der Waals surface area contributed by atoms with Gasteiger partial charge in [0.05, 0.1) is 6.54 Å². The van der Waals surface area contributed by atoms with Crippen molar-refractivity contribution in [1.29, 1.82) is 0 Å². The first-order valence-electron chi connectivity index (χ1n) is 6.72. The highest BCUT2D eigenvalue weighted by Crippen LogP contribution is 2.26. The number of nitrogens with zero attached hydrogens (tertiary/aromatic N) is 3. The lowest BCUT2D eigenvalue weighted by atomic mass is 10.4. The van der Waals surface area contributed by atoms with E-state index >= 15 is 0 Å². The fourth-order valence-electron chi connectivity index (χ4n) is 2.41. The van der Waals surface area contributed by atoms with Gasteiger partial charge in [-0.3, -0.25) is 0 Å². The summed E-state index contributed by atoms with van der Waals surface area (Å²) >= 11 is 1.73. The summed E-state index contributed by atoms with van der Waals surface area (Å²) in [6, 6.07) is 12.0. The second-order valence-electron chi connectivity index (χ2n) is 4.86. The first-order valence-corrected chi connectivity index (χ1v) is 7.60. The maximum atomic E-state index is 5.75. The second-order valence-corrected chi connectivity index (χ2v) is 5.89. The molecule has 0 aliphatic carbocycles. The molecule has 4 heterocycles. The van der Waals surface area contributed by atoms with E-state index in [9.17, 15) is 0 Å². The number of thiophene rings is 1. The summed E-state index contributed by atoms with van der Waals surface area (Å²) in [4.78, 5) is 10.4. The van der Waals surface area contributed by atoms with Crippen molar-refractivity contribution in [1.82, 2.24) is 14.5 Å². The Hall–Kier alpha value is -2.40. The summed E-state index contributed by atoms with van der Waals surface area (Å²) in [7, 11) is 0. The van der Waals surface area contributed by atoms with Gasteiger partial charge in [0.1, 0.15) is 11.3 Å². The van der Waals surface area contributed by atoms with Crippen molar-refractivity contribution in [2.24, 2.45) is 0 Å². The molecule has 0 amide bonds. The molecule has 4 nitrogen and oxygen atoms in total. The molecule has 0 N–H and O–H groups in total. The highest BCUT2D eigenvalue weighted by atomic mass is 32.1. The van der Waals surface area contributed by atoms with E-state index in [-0.39, 0.29) is 0 Å². The Balaban J connectivity index is 1.92. The van der Waals surface area contributed by atoms with Gasteiger partial charge in [-0.2, -0.15) is 0 Å². The Labute approximate surface area is 125 Å². The summed E-state index contributed by atoms with van der Waals surface area (Å²) < 4.78 is 7.86. The predicted octanol–water partition coefficient (Wildman–Crippen LogP) is 4.11. The van der Waals surface area contributed by atoms with Crippen molar-refractivity contribution < 1.29 is 4.42 Å². The average molecular weight is 295 g/mol. The minimum atomic E-state index is 0.750. The number of hydrogen-bond donors (Lipinski definition) is 0. The maximum absolute atomic E-state index is 5.75. The van der Waals surface area contributed by atoms with E-state index in [1.807, 2.05) is 31.2 Å². The largest absolute Gasteiger partial charge is 0.458 e. The van der Waals surface area contributed by atoms with Gasteiger partial charge >= 0.3 is 0 Å². The Morgan fingerprint density at radius 1 is 1.19 bits per heavy atom. The molecule has 0 spiro atoms. The molecule has 0 radical (unpaired) electrons. The van der Waals surface area contributed by atoms with Crippen molar-refractivity contribution in [2.45, 2.75) is 13.5 Å². The van der Waals surface area contributed by atoms with E-state index < -0.39 is 0 Å². The van der Waals surface area contributed by atoms with Gasteiger partial charge in [0.25, 0.3) is 0 Å². The molecule has 0 fully saturated rings. The third-order valence-corrected chi connectivity index (χ3v) is 4.22. The van der Waals surface area contributed by atoms with Crippen LogP contribution in [-0.2, 0) is 6.54 Å². The zero-order valence-corrected chi connectivity index (χ0v) is 12.3. The molecule has 0 unspecified atom stereocenters. The van der Waals surface area contributed by atoms with Crippen LogP contribution in [-0.4, -0.2) is 14.5 Å². The van der Waals surface area contributed by atoms with Crippen LogP contribution in [0.25, 0.3) is 22.7 Å². The molecule has 0 aliphatic heterocycles. The first kappa shape index (κ1) is 12.3. The lowest BCUT2D eigenvalue weighted by molar-refractivity contribution is 0.540. The molecule has 0 aromatic carbocycles. The number of pyridine rings is 1. The Morgan fingerprint density at radius 3 is 2.90 bits per heavy atom. The minimum absolute atomic E-state index is 0.750. The number of aromatic nitrogens is 3. The van der Waals surface area contributed by atoms with Crippen LogP contribution in [0, 0.1) is 6.92 Å². The molecule has 104 valence electrons. The molecule has 0 atom stereocenters. The third-order valence-electron chi connectivity index (χ3n) is 3.36. The van der Waals surface area contributed by atoms with E-state index in [0.29, 0.717) is 0 Å². The topological polar surface area (TPSA) is 43.9 Å². The number of rotatable bonds is 3. The van der Waals surface area contributed by atoms with Crippen LogP contribution in [0.4, 0.5) is 0 Å². The SMILES string of the molecule is Cc1ccc(-c2nc3cccnc3n2Cc2cccs2)o1. The Kier molecular flexibility index (Phi) is 2.86. The zero-order chi connectivity index (χ0) is 14.2. The maximum Gasteiger partial charge on any atom is 0.178 e. The first-order chi connectivity index (χ1) is 10.3. The van der Waals surface area contributed by atoms with Crippen LogP contribution in [0.15, 0.2) is 52.4 Å². The minimum Gasteiger partial charge on any atom is -0.458 e. The summed E-state index contributed by atoms with van der Waals surface area (Å²) in [5.41, 5.74) is 1.77. The van der Waals surface area contributed by atoms with E-state index in [0.717, 1.165) is 35.1 Å². The molecular formula is C16H13N3OS. The van der Waals surface area contributed by atoms with Gasteiger partial charge in [0, 0.05) is 11.1 Å². The summed E-state index contributed by atoms with van der Waals surface area (Å²) in [5.74, 6) is 2.49. The molecule has 4 aromatic heterocycles. The quantitative estimate of drug-likeness (QED) is 0.571. The zero-order valence-electron chi connectivity index (χ0n) is 11.5. The third kappa shape index (κ3) is 2.15. The number of aryl methyl sites for hydroxylation is 1. The van der Waals surface area contributed by atoms with Crippen molar-refractivity contribution in [3.05, 3.63) is 58.6 Å². The van der Waals surface area contributed by atoms with E-state index in [1.54, 1.807) is 17.5 Å². The summed E-state index contributed by atoms with van der Waals surface area (Å²) in [6.45, 7) is 2.69. The fraction of sp³-hybridized carbons (Fsp3) is 0.125. The van der Waals surface area contributed by atoms with Crippen LogP contribution in [0.5, 0.6) is 0 Å². The van der Waals surface area contributed by atoms with Gasteiger partial charge < -0.3 is 8.98 Å². The highest BCUT2D eigenvalue weighted by molar-refractivity contribution is 7.09. The van der Waals surface area contributed by atoms with Gasteiger partial charge in [-0.15, -0.1) is 11.3 Å². The second kappa shape index (κ2) is 4.86. The lowest BCUT2D eigenvalue weighted by Crippen LogP contribution is -2.01. The normalized spacial score (nSPS) is 11.3. The van der Waals surface area contributed by atoms with Gasteiger partial charge in [-0.25, -0.2) is 9.97 Å². The number of hydrogen-bond acceptors (Lipinski definition) is 4. The molecular weight excluding hydrogens is 282 g/mol. The highest BCUT2D eigenvalue weighted by Gasteiger charge is 2.16. The molecule has 0 saturated carbocycles. The smallest absolute Gasteiger partial charge is 0.178 e. The van der Waals surface area contributed by atoms with E-state index in [2.05, 4.69) is 32.0 Å². The van der Waals surface area contributed by atoms with Crippen LogP contribution >= 0.6 is 11.3 Å². The van der Waals surface area contributed by atoms with E-state index in [4.69, 9.17) is 4.42 Å². The predicted molar refractivity (Wildman–Crippen MR) is 83.4 cm³/mol. The van der Waals surface area contributed by atoms with Crippen molar-refractivity contribution in [3.63, 3.8) is 0 Å². The number of fused-ring (bicyclic) bond motifs is 1. The molecule has 4 aromatic rings. The molecule has 0 bridgehead atoms. The number of furan rings is 1. The standard InChI is InChI=1S/C16H13N3OS/c1-11-6-7-14(20-11)16-18-13-5-2-8-17-15(13)19(16)10-12-4-3-9-21-12/h2-9H,10H2,1H3. The molecule has 0 saturated heterocycles. The molecule has 5 heteroatoms. The molecule has 0 aliphatic rings. The van der Waals surface area contributed by atoms with Gasteiger partial charge in [0.15, 0.2) is 17.2 Å². The van der Waals surface area contributed by atoms with Crippen LogP contribution < -0.4 is 0 Å². The Morgan fingerprint density at radius 2 is 2.14 bits per heavy atom. The summed E-state index contributed by atoms with van der Waals surface area (Å²) in [6.07, 6.45) is 1.80. The van der Waals surface area contributed by atoms with Crippen LogP contribution in [0.3, 0.4) is 0 Å². The van der Waals surface area contributed by atoms with Gasteiger partial charge in [-0.05, 0) is 42.6 Å². The van der Waals surface area contributed by atoms with E-state index in [1.165, 1.54) is 4.88 Å². The fourth-order valence-corrected chi connectivity index (χ4v) is 3.10. The monoisotopic (exact) mass is 295 g/mol. The van der Waals surface area contributed by atoms with Crippen molar-refractivity contribution in [2.75, 3.05) is 0 Å². The van der Waals surface area contributed by atoms with Gasteiger partial charge in [0.2, 0.25) is 0 Å². The number of imidazole rings is 1. The van der Waals surface area contributed by atoms with Crippen molar-refractivity contribution in [3.8, 4) is 11.6 Å². The average Bonchev–Trinajstić information content (AvgIpc) is 3.20. The molecule has 21 heavy (non-hydrogen) atoms. The Bertz CT molecular complexity index is 889. The van der Waals surface area contributed by atoms with Crippen LogP contribution in [0.2, 0.25) is 0 Å². The molecule has 4 rings (SSSR count). The van der Waals surface area contributed by atoms with Crippen molar-refractivity contribution >= 4 is 22.5 Å². The van der Waals surface area contributed by atoms with Gasteiger partial charge in [-0.1, -0.05) is 6.07 Å².